The summed E-state index contributed by atoms with van der Waals surface area (Å²) < 4.78 is 26.1. The van der Waals surface area contributed by atoms with Crippen molar-refractivity contribution in [2.45, 2.75) is 6.92 Å². The average molecular weight is 403 g/mol. The molecule has 0 aliphatic heterocycles. The van der Waals surface area contributed by atoms with Gasteiger partial charge in [0.25, 0.3) is 5.91 Å². The summed E-state index contributed by atoms with van der Waals surface area (Å²) in [7, 11) is 2.97. The molecule has 1 N–H and O–H groups in total. The number of benzene rings is 2. The maximum absolute atomic E-state index is 12.1. The van der Waals surface area contributed by atoms with Crippen molar-refractivity contribution in [2.75, 3.05) is 40.6 Å². The third-order valence-corrected chi connectivity index (χ3v) is 3.78. The summed E-state index contributed by atoms with van der Waals surface area (Å²) in [5.41, 5.74) is 0.259. The molecular weight excluding hydrogens is 378 g/mol. The van der Waals surface area contributed by atoms with Crippen LogP contribution < -0.4 is 24.3 Å². The van der Waals surface area contributed by atoms with Gasteiger partial charge >= 0.3 is 5.97 Å². The summed E-state index contributed by atoms with van der Waals surface area (Å²) in [6, 6.07) is 11.8. The third kappa shape index (κ3) is 6.91. The zero-order valence-corrected chi connectivity index (χ0v) is 16.7. The molecule has 156 valence electrons. The van der Waals surface area contributed by atoms with E-state index in [1.807, 2.05) is 19.1 Å². The minimum atomic E-state index is -0.633. The van der Waals surface area contributed by atoms with Gasteiger partial charge in [-0.15, -0.1) is 0 Å². The number of hydrogen-bond donors (Lipinski definition) is 1. The van der Waals surface area contributed by atoms with E-state index in [4.69, 9.17) is 23.7 Å². The van der Waals surface area contributed by atoms with Crippen LogP contribution in [0.5, 0.6) is 23.0 Å². The maximum atomic E-state index is 12.1. The molecule has 1 amide bonds. The van der Waals surface area contributed by atoms with E-state index in [2.05, 4.69) is 5.32 Å². The highest BCUT2D eigenvalue weighted by Crippen LogP contribution is 2.27. The van der Waals surface area contributed by atoms with Crippen molar-refractivity contribution < 1.29 is 33.3 Å². The van der Waals surface area contributed by atoms with Crippen molar-refractivity contribution in [3.63, 3.8) is 0 Å². The number of carbonyl (C=O) groups is 2. The quantitative estimate of drug-likeness (QED) is 0.455. The van der Waals surface area contributed by atoms with Crippen LogP contribution in [-0.4, -0.2) is 52.5 Å². The Balaban J connectivity index is 1.69. The normalized spacial score (nSPS) is 10.0. The van der Waals surface area contributed by atoms with Crippen LogP contribution in [0.3, 0.4) is 0 Å². The first-order chi connectivity index (χ1) is 14.1. The molecule has 0 aliphatic rings. The highest BCUT2D eigenvalue weighted by molar-refractivity contribution is 5.92. The lowest BCUT2D eigenvalue weighted by Gasteiger charge is -2.10. The van der Waals surface area contributed by atoms with Gasteiger partial charge in [0, 0.05) is 0 Å². The van der Waals surface area contributed by atoms with Crippen LogP contribution in [0, 0.1) is 0 Å². The average Bonchev–Trinajstić information content (AvgIpc) is 2.75. The molecule has 0 bridgehead atoms. The van der Waals surface area contributed by atoms with Crippen molar-refractivity contribution in [3.05, 3.63) is 48.0 Å². The van der Waals surface area contributed by atoms with Crippen LogP contribution in [0.1, 0.15) is 17.3 Å². The molecule has 0 saturated heterocycles. The maximum Gasteiger partial charge on any atom is 0.338 e. The predicted octanol–water partition coefficient (Wildman–Crippen LogP) is 2.45. The van der Waals surface area contributed by atoms with Gasteiger partial charge < -0.3 is 29.0 Å². The van der Waals surface area contributed by atoms with E-state index in [1.165, 1.54) is 26.4 Å². The van der Waals surface area contributed by atoms with Crippen LogP contribution in [-0.2, 0) is 9.53 Å². The Morgan fingerprint density at radius 3 is 2.17 bits per heavy atom. The van der Waals surface area contributed by atoms with Crippen molar-refractivity contribution in [2.24, 2.45) is 0 Å². The van der Waals surface area contributed by atoms with E-state index < -0.39 is 18.5 Å². The molecule has 0 unspecified atom stereocenters. The molecule has 2 aromatic carbocycles. The van der Waals surface area contributed by atoms with Gasteiger partial charge in [0.05, 0.1) is 32.9 Å². The fourth-order valence-electron chi connectivity index (χ4n) is 2.39. The van der Waals surface area contributed by atoms with Crippen molar-refractivity contribution in [1.29, 1.82) is 0 Å². The van der Waals surface area contributed by atoms with E-state index >= 15 is 0 Å². The summed E-state index contributed by atoms with van der Waals surface area (Å²) in [6.45, 7) is 2.68. The van der Waals surface area contributed by atoms with Crippen molar-refractivity contribution in [3.8, 4) is 23.0 Å². The molecule has 2 aromatic rings. The lowest BCUT2D eigenvalue weighted by atomic mass is 10.2. The lowest BCUT2D eigenvalue weighted by molar-refractivity contribution is -0.124. The molecule has 8 heteroatoms. The number of hydrogen-bond acceptors (Lipinski definition) is 7. The first kappa shape index (κ1) is 21.9. The van der Waals surface area contributed by atoms with Gasteiger partial charge in [-0.25, -0.2) is 4.79 Å². The minimum Gasteiger partial charge on any atom is -0.494 e. The molecule has 0 radical (unpaired) electrons. The second-order valence-electron chi connectivity index (χ2n) is 5.75. The molecular formula is C21H25NO7. The van der Waals surface area contributed by atoms with Gasteiger partial charge in [-0.1, -0.05) is 0 Å². The molecule has 0 atom stereocenters. The number of ether oxygens (including phenoxy) is 5. The van der Waals surface area contributed by atoms with Gasteiger partial charge in [0.15, 0.2) is 18.1 Å². The number of methoxy groups -OCH3 is 2. The molecule has 0 saturated carbocycles. The van der Waals surface area contributed by atoms with E-state index in [0.29, 0.717) is 23.9 Å². The fourth-order valence-corrected chi connectivity index (χ4v) is 2.39. The molecule has 29 heavy (non-hydrogen) atoms. The van der Waals surface area contributed by atoms with Crippen LogP contribution in [0.25, 0.3) is 0 Å². The fraction of sp³-hybridized carbons (Fsp3) is 0.333. The van der Waals surface area contributed by atoms with Gasteiger partial charge in [-0.05, 0) is 49.4 Å². The first-order valence-electron chi connectivity index (χ1n) is 9.09. The summed E-state index contributed by atoms with van der Waals surface area (Å²) in [4.78, 5) is 23.9. The Morgan fingerprint density at radius 2 is 1.55 bits per heavy atom. The van der Waals surface area contributed by atoms with E-state index in [-0.39, 0.29) is 18.7 Å². The Morgan fingerprint density at radius 1 is 0.897 bits per heavy atom. The van der Waals surface area contributed by atoms with Crippen LogP contribution >= 0.6 is 0 Å². The van der Waals surface area contributed by atoms with Crippen molar-refractivity contribution >= 4 is 11.9 Å². The molecule has 0 aromatic heterocycles. The molecule has 2 rings (SSSR count). The Hall–Kier alpha value is -3.42. The molecule has 0 fully saturated rings. The van der Waals surface area contributed by atoms with Crippen LogP contribution in [0.2, 0.25) is 0 Å². The highest BCUT2D eigenvalue weighted by atomic mass is 16.5. The minimum absolute atomic E-state index is 0.259. The molecule has 8 nitrogen and oxygen atoms in total. The summed E-state index contributed by atoms with van der Waals surface area (Å²) in [5.74, 6) is 1.28. The topological polar surface area (TPSA) is 92.3 Å². The zero-order valence-electron chi connectivity index (χ0n) is 16.7. The standard InChI is InChI=1S/C21H25NO7/c1-4-27-16-6-8-17(9-7-16)28-12-11-22-20(23)14-29-21(24)15-5-10-18(25-2)19(13-15)26-3/h5-10,13H,4,11-12,14H2,1-3H3,(H,22,23). The van der Waals surface area contributed by atoms with E-state index in [0.717, 1.165) is 5.75 Å². The van der Waals surface area contributed by atoms with Gasteiger partial charge in [0.1, 0.15) is 18.1 Å². The molecule has 0 spiro atoms. The predicted molar refractivity (Wildman–Crippen MR) is 106 cm³/mol. The molecule has 0 heterocycles. The lowest BCUT2D eigenvalue weighted by Crippen LogP contribution is -2.32. The number of nitrogens with one attached hydrogen (secondary N) is 1. The third-order valence-electron chi connectivity index (χ3n) is 3.78. The Labute approximate surface area is 169 Å². The first-order valence-corrected chi connectivity index (χ1v) is 9.09. The molecule has 0 aliphatic carbocycles. The van der Waals surface area contributed by atoms with Crippen LogP contribution in [0.15, 0.2) is 42.5 Å². The van der Waals surface area contributed by atoms with Gasteiger partial charge in [-0.2, -0.15) is 0 Å². The number of carbonyl (C=O) groups excluding carboxylic acids is 2. The zero-order chi connectivity index (χ0) is 21.1. The van der Waals surface area contributed by atoms with Gasteiger partial charge in [0.2, 0.25) is 0 Å². The smallest absolute Gasteiger partial charge is 0.338 e. The highest BCUT2D eigenvalue weighted by Gasteiger charge is 2.13. The Bertz CT molecular complexity index is 805. The van der Waals surface area contributed by atoms with E-state index in [9.17, 15) is 9.59 Å². The van der Waals surface area contributed by atoms with Crippen LogP contribution in [0.4, 0.5) is 0 Å². The number of esters is 1. The van der Waals surface area contributed by atoms with E-state index in [1.54, 1.807) is 18.2 Å². The SMILES string of the molecule is CCOc1ccc(OCCNC(=O)COC(=O)c2ccc(OC)c(OC)c2)cc1. The number of rotatable bonds is 11. The summed E-state index contributed by atoms with van der Waals surface area (Å²) in [6.07, 6.45) is 0. The second-order valence-corrected chi connectivity index (χ2v) is 5.75. The summed E-state index contributed by atoms with van der Waals surface area (Å²) in [5, 5.41) is 2.62. The summed E-state index contributed by atoms with van der Waals surface area (Å²) >= 11 is 0. The monoisotopic (exact) mass is 403 g/mol. The second kappa shape index (κ2) is 11.4. The Kier molecular flexibility index (Phi) is 8.62. The largest absolute Gasteiger partial charge is 0.494 e. The van der Waals surface area contributed by atoms with Crippen molar-refractivity contribution in [1.82, 2.24) is 5.32 Å². The number of amides is 1. The van der Waals surface area contributed by atoms with Gasteiger partial charge in [-0.3, -0.25) is 4.79 Å².